The molecular formula is C25H32N2O3. The SMILES string of the molecule is CCOC(=O)C1CCN(CC(O)CN2c3ccccc3CCc3ccccc32)CC1. The third kappa shape index (κ3) is 4.68. The highest BCUT2D eigenvalue weighted by Crippen LogP contribution is 2.36. The van der Waals surface area contributed by atoms with Gasteiger partial charge in [0.05, 0.1) is 25.2 Å². The molecule has 30 heavy (non-hydrogen) atoms. The Morgan fingerprint density at radius 1 is 1.00 bits per heavy atom. The Morgan fingerprint density at radius 3 is 2.13 bits per heavy atom. The fraction of sp³-hybridized carbons (Fsp3) is 0.480. The van der Waals surface area contributed by atoms with Crippen molar-refractivity contribution in [1.29, 1.82) is 0 Å². The summed E-state index contributed by atoms with van der Waals surface area (Å²) in [6, 6.07) is 17.1. The smallest absolute Gasteiger partial charge is 0.309 e. The first-order valence-electron chi connectivity index (χ1n) is 11.2. The number of rotatable bonds is 6. The molecule has 2 aliphatic heterocycles. The Hall–Kier alpha value is -2.37. The number of carbonyl (C=O) groups is 1. The molecule has 5 heteroatoms. The molecule has 0 aliphatic carbocycles. The monoisotopic (exact) mass is 408 g/mol. The van der Waals surface area contributed by atoms with Crippen molar-refractivity contribution in [3.8, 4) is 0 Å². The van der Waals surface area contributed by atoms with Gasteiger partial charge in [0.15, 0.2) is 0 Å². The molecule has 2 heterocycles. The van der Waals surface area contributed by atoms with Gasteiger partial charge < -0.3 is 19.6 Å². The highest BCUT2D eigenvalue weighted by Gasteiger charge is 2.28. The average Bonchev–Trinajstić information content (AvgIpc) is 2.92. The molecule has 0 amide bonds. The molecule has 0 radical (unpaired) electrons. The van der Waals surface area contributed by atoms with Gasteiger partial charge >= 0.3 is 5.97 Å². The molecule has 0 saturated carbocycles. The summed E-state index contributed by atoms with van der Waals surface area (Å²) in [4.78, 5) is 16.5. The van der Waals surface area contributed by atoms with Crippen LogP contribution in [0.25, 0.3) is 0 Å². The lowest BCUT2D eigenvalue weighted by atomic mass is 9.97. The Labute approximate surface area is 179 Å². The van der Waals surface area contributed by atoms with Crippen LogP contribution in [0.1, 0.15) is 30.9 Å². The van der Waals surface area contributed by atoms with Gasteiger partial charge in [-0.1, -0.05) is 36.4 Å². The number of hydrogen-bond acceptors (Lipinski definition) is 5. The topological polar surface area (TPSA) is 53.0 Å². The number of ether oxygens (including phenoxy) is 1. The van der Waals surface area contributed by atoms with E-state index in [4.69, 9.17) is 4.74 Å². The Balaban J connectivity index is 1.42. The third-order valence-electron chi connectivity index (χ3n) is 6.30. The highest BCUT2D eigenvalue weighted by atomic mass is 16.5. The quantitative estimate of drug-likeness (QED) is 0.741. The second kappa shape index (κ2) is 9.63. The van der Waals surface area contributed by atoms with Crippen molar-refractivity contribution in [3.63, 3.8) is 0 Å². The maximum absolute atomic E-state index is 12.0. The van der Waals surface area contributed by atoms with Crippen molar-refractivity contribution >= 4 is 17.3 Å². The fourth-order valence-corrected chi connectivity index (χ4v) is 4.74. The molecule has 1 fully saturated rings. The van der Waals surface area contributed by atoms with Crippen molar-refractivity contribution in [3.05, 3.63) is 59.7 Å². The first-order chi connectivity index (χ1) is 14.7. The van der Waals surface area contributed by atoms with E-state index in [2.05, 4.69) is 58.3 Å². The van der Waals surface area contributed by atoms with Gasteiger partial charge in [-0.3, -0.25) is 4.79 Å². The van der Waals surface area contributed by atoms with Gasteiger partial charge in [-0.25, -0.2) is 0 Å². The van der Waals surface area contributed by atoms with Crippen LogP contribution < -0.4 is 4.90 Å². The summed E-state index contributed by atoms with van der Waals surface area (Å²) in [5.41, 5.74) is 5.05. The summed E-state index contributed by atoms with van der Waals surface area (Å²) in [5, 5.41) is 11.0. The molecule has 2 aromatic rings. The number of hydrogen-bond donors (Lipinski definition) is 1. The van der Waals surface area contributed by atoms with Crippen molar-refractivity contribution in [2.75, 3.05) is 37.7 Å². The lowest BCUT2D eigenvalue weighted by Crippen LogP contribution is -2.43. The van der Waals surface area contributed by atoms with Gasteiger partial charge in [0.1, 0.15) is 0 Å². The van der Waals surface area contributed by atoms with E-state index in [-0.39, 0.29) is 11.9 Å². The second-order valence-electron chi connectivity index (χ2n) is 8.35. The second-order valence-corrected chi connectivity index (χ2v) is 8.35. The van der Waals surface area contributed by atoms with E-state index in [1.807, 2.05) is 6.92 Å². The van der Waals surface area contributed by atoms with Crippen LogP contribution in [0.2, 0.25) is 0 Å². The van der Waals surface area contributed by atoms with Crippen LogP contribution in [0.15, 0.2) is 48.5 Å². The number of fused-ring (bicyclic) bond motifs is 2. The van der Waals surface area contributed by atoms with Crippen LogP contribution in [-0.2, 0) is 22.4 Å². The summed E-state index contributed by atoms with van der Waals surface area (Å²) >= 11 is 0. The molecule has 4 rings (SSSR count). The van der Waals surface area contributed by atoms with Crippen LogP contribution in [-0.4, -0.2) is 54.9 Å². The van der Waals surface area contributed by atoms with E-state index < -0.39 is 6.10 Å². The zero-order chi connectivity index (χ0) is 20.9. The molecule has 0 aromatic heterocycles. The van der Waals surface area contributed by atoms with Gasteiger partial charge in [0.2, 0.25) is 0 Å². The minimum atomic E-state index is -0.469. The minimum Gasteiger partial charge on any atom is -0.466 e. The van der Waals surface area contributed by atoms with Gasteiger partial charge in [-0.05, 0) is 69.0 Å². The van der Waals surface area contributed by atoms with Crippen molar-refractivity contribution in [2.24, 2.45) is 5.92 Å². The normalized spacial score (nSPS) is 18.3. The number of aryl methyl sites for hydroxylation is 2. The first kappa shape index (κ1) is 20.9. The van der Waals surface area contributed by atoms with E-state index in [0.29, 0.717) is 19.7 Å². The largest absolute Gasteiger partial charge is 0.466 e. The number of carbonyl (C=O) groups excluding carboxylic acids is 1. The Kier molecular flexibility index (Phi) is 6.70. The molecule has 1 atom stereocenters. The number of aliphatic hydroxyl groups excluding tert-OH is 1. The minimum absolute atomic E-state index is 0.00250. The lowest BCUT2D eigenvalue weighted by Gasteiger charge is -2.34. The molecule has 0 spiro atoms. The number of anilines is 2. The molecule has 5 nitrogen and oxygen atoms in total. The molecule has 160 valence electrons. The van der Waals surface area contributed by atoms with Gasteiger partial charge in [-0.15, -0.1) is 0 Å². The number of para-hydroxylation sites is 2. The molecule has 2 aromatic carbocycles. The van der Waals surface area contributed by atoms with Crippen LogP contribution >= 0.6 is 0 Å². The predicted molar refractivity (Wildman–Crippen MR) is 119 cm³/mol. The highest BCUT2D eigenvalue weighted by molar-refractivity contribution is 5.72. The van der Waals surface area contributed by atoms with E-state index >= 15 is 0 Å². The molecule has 0 bridgehead atoms. The predicted octanol–water partition coefficient (Wildman–Crippen LogP) is 3.56. The van der Waals surface area contributed by atoms with E-state index in [0.717, 1.165) is 38.8 Å². The number of β-amino-alcohol motifs (C(OH)–C–C–N with tert-alkyl or cyclic N) is 1. The van der Waals surface area contributed by atoms with Crippen LogP contribution in [0.3, 0.4) is 0 Å². The molecule has 2 aliphatic rings. The van der Waals surface area contributed by atoms with Crippen LogP contribution in [0.4, 0.5) is 11.4 Å². The van der Waals surface area contributed by atoms with E-state index in [1.54, 1.807) is 0 Å². The summed E-state index contributed by atoms with van der Waals surface area (Å²) in [7, 11) is 0. The van der Waals surface area contributed by atoms with Crippen molar-refractivity contribution in [2.45, 2.75) is 38.7 Å². The summed E-state index contributed by atoms with van der Waals surface area (Å²) in [6.07, 6.45) is 3.17. The maximum Gasteiger partial charge on any atom is 0.309 e. The average molecular weight is 409 g/mol. The number of piperidine rings is 1. The summed E-state index contributed by atoms with van der Waals surface area (Å²) in [6.45, 7) is 5.13. The maximum atomic E-state index is 12.0. The molecule has 1 unspecified atom stereocenters. The Morgan fingerprint density at radius 2 is 1.57 bits per heavy atom. The van der Waals surface area contributed by atoms with Crippen LogP contribution in [0, 0.1) is 5.92 Å². The molecular weight excluding hydrogens is 376 g/mol. The number of likely N-dealkylation sites (tertiary alicyclic amines) is 1. The number of nitrogens with zero attached hydrogens (tertiary/aromatic N) is 2. The summed E-state index contributed by atoms with van der Waals surface area (Å²) < 4.78 is 5.16. The number of benzene rings is 2. The molecule has 1 N–H and O–H groups in total. The van der Waals surface area contributed by atoms with Crippen molar-refractivity contribution < 1.29 is 14.6 Å². The van der Waals surface area contributed by atoms with Gasteiger partial charge in [0.25, 0.3) is 0 Å². The third-order valence-corrected chi connectivity index (χ3v) is 6.30. The van der Waals surface area contributed by atoms with Gasteiger partial charge in [-0.2, -0.15) is 0 Å². The lowest BCUT2D eigenvalue weighted by molar-refractivity contribution is -0.149. The van der Waals surface area contributed by atoms with Gasteiger partial charge in [0, 0.05) is 17.9 Å². The van der Waals surface area contributed by atoms with Crippen molar-refractivity contribution in [1.82, 2.24) is 4.90 Å². The van der Waals surface area contributed by atoms with E-state index in [1.165, 1.54) is 22.5 Å². The fourth-order valence-electron chi connectivity index (χ4n) is 4.74. The molecule has 1 saturated heterocycles. The Bertz CT molecular complexity index is 813. The summed E-state index contributed by atoms with van der Waals surface area (Å²) in [5.74, 6) is -0.0711. The standard InChI is InChI=1S/C25H32N2O3/c1-2-30-25(29)21-13-15-26(16-14-21)17-22(28)18-27-23-9-5-3-7-19(23)11-12-20-8-4-6-10-24(20)27/h3-10,21-22,28H,2,11-18H2,1H3. The van der Waals surface area contributed by atoms with Crippen LogP contribution in [0.5, 0.6) is 0 Å². The number of esters is 1. The zero-order valence-electron chi connectivity index (χ0n) is 17.8. The zero-order valence-corrected chi connectivity index (χ0v) is 17.8. The van der Waals surface area contributed by atoms with E-state index in [9.17, 15) is 9.90 Å². The first-order valence-corrected chi connectivity index (χ1v) is 11.2. The number of aliphatic hydroxyl groups is 1.